The maximum Gasteiger partial charge on any atom is 0.276 e. The Labute approximate surface area is 215 Å². The smallest absolute Gasteiger partial charge is 0.276 e. The van der Waals surface area contributed by atoms with E-state index in [2.05, 4.69) is 10.2 Å². The number of ether oxygens (including phenoxy) is 4. The van der Waals surface area contributed by atoms with Crippen LogP contribution in [-0.2, 0) is 9.59 Å². The van der Waals surface area contributed by atoms with Crippen LogP contribution >= 0.6 is 23.4 Å². The lowest BCUT2D eigenvalue weighted by atomic mass is 10.2. The fraction of sp³-hybridized carbons (Fsp3) is 0.417. The molecule has 1 unspecified atom stereocenters. The summed E-state index contributed by atoms with van der Waals surface area (Å²) in [5, 5.41) is 8.21. The predicted octanol–water partition coefficient (Wildman–Crippen LogP) is 6.16. The van der Waals surface area contributed by atoms with Crippen LogP contribution in [0.1, 0.15) is 34.6 Å². The Morgan fingerprint density at radius 3 is 1.86 bits per heavy atom. The quantitative estimate of drug-likeness (QED) is 0.176. The molecule has 2 rings (SSSR count). The Balaban J connectivity index is 2.37. The lowest BCUT2D eigenvalue weighted by Crippen LogP contribution is -2.36. The molecule has 0 radical (unpaired) electrons. The first kappa shape index (κ1) is 28.2. The van der Waals surface area contributed by atoms with Crippen molar-refractivity contribution in [2.24, 2.45) is 10.2 Å². The number of amides is 1. The molecule has 11 heteroatoms. The Morgan fingerprint density at radius 1 is 0.857 bits per heavy atom. The topological polar surface area (TPSA) is 99.0 Å². The zero-order chi connectivity index (χ0) is 26.0. The number of ketones is 1. The molecule has 0 spiro atoms. The van der Waals surface area contributed by atoms with E-state index in [1.807, 2.05) is 27.7 Å². The molecule has 0 N–H and O–H groups in total. The van der Waals surface area contributed by atoms with Crippen molar-refractivity contribution < 1.29 is 28.5 Å². The van der Waals surface area contributed by atoms with Gasteiger partial charge in [0.05, 0.1) is 37.1 Å². The zero-order valence-corrected chi connectivity index (χ0v) is 21.9. The van der Waals surface area contributed by atoms with Gasteiger partial charge in [-0.15, -0.1) is 0 Å². The molecule has 0 fully saturated rings. The molecule has 1 atom stereocenters. The molecule has 0 saturated carbocycles. The highest BCUT2D eigenvalue weighted by Crippen LogP contribution is 2.38. The third kappa shape index (κ3) is 7.73. The molecule has 9 nitrogen and oxygen atoms in total. The average Bonchev–Trinajstić information content (AvgIpc) is 2.81. The number of azo groups is 1. The van der Waals surface area contributed by atoms with Crippen molar-refractivity contribution in [2.45, 2.75) is 40.7 Å². The largest absolute Gasteiger partial charge is 0.494 e. The summed E-state index contributed by atoms with van der Waals surface area (Å²) in [7, 11) is 0. The molecule has 0 heterocycles. The summed E-state index contributed by atoms with van der Waals surface area (Å²) >= 11 is 12.6. The minimum Gasteiger partial charge on any atom is -0.494 e. The van der Waals surface area contributed by atoms with Crippen LogP contribution in [-0.4, -0.2) is 44.2 Å². The fourth-order valence-electron chi connectivity index (χ4n) is 2.97. The normalized spacial score (nSPS) is 11.7. The van der Waals surface area contributed by atoms with Crippen molar-refractivity contribution in [2.75, 3.05) is 30.8 Å². The Hall–Kier alpha value is -3.04. The summed E-state index contributed by atoms with van der Waals surface area (Å²) < 4.78 is 22.9. The van der Waals surface area contributed by atoms with E-state index in [0.29, 0.717) is 49.4 Å². The number of carbonyl (C=O) groups excluding carboxylic acids is 2. The van der Waals surface area contributed by atoms with E-state index in [1.54, 1.807) is 18.2 Å². The number of anilines is 1. The summed E-state index contributed by atoms with van der Waals surface area (Å²) in [5.74, 6) is 0.418. The molecule has 0 saturated heterocycles. The lowest BCUT2D eigenvalue weighted by molar-refractivity contribution is -0.126. The van der Waals surface area contributed by atoms with Crippen molar-refractivity contribution >= 4 is 46.4 Å². The number of carbonyl (C=O) groups is 2. The van der Waals surface area contributed by atoms with Gasteiger partial charge in [-0.05, 0) is 34.6 Å². The molecule has 0 aliphatic carbocycles. The molecule has 0 aliphatic rings. The molecular formula is C24H29Cl2N3O6. The van der Waals surface area contributed by atoms with Crippen molar-refractivity contribution in [3.63, 3.8) is 0 Å². The predicted molar refractivity (Wildman–Crippen MR) is 135 cm³/mol. The van der Waals surface area contributed by atoms with Gasteiger partial charge in [0.1, 0.15) is 17.2 Å². The van der Waals surface area contributed by atoms with Crippen molar-refractivity contribution in [1.82, 2.24) is 0 Å². The van der Waals surface area contributed by atoms with Gasteiger partial charge >= 0.3 is 0 Å². The second-order valence-corrected chi connectivity index (χ2v) is 7.74. The van der Waals surface area contributed by atoms with Crippen LogP contribution in [0, 0.1) is 0 Å². The van der Waals surface area contributed by atoms with Gasteiger partial charge in [0, 0.05) is 42.1 Å². The van der Waals surface area contributed by atoms with Crippen LogP contribution in [0.5, 0.6) is 23.0 Å². The van der Waals surface area contributed by atoms with Gasteiger partial charge in [0.25, 0.3) is 5.91 Å². The van der Waals surface area contributed by atoms with Crippen LogP contribution in [0.2, 0.25) is 5.02 Å². The van der Waals surface area contributed by atoms with E-state index in [0.717, 1.165) is 4.42 Å². The van der Waals surface area contributed by atoms with Gasteiger partial charge in [-0.25, -0.2) is 4.42 Å². The SMILES string of the molecule is CCOc1cc(OCC)cc(N(Cl)C(=O)C(N=Nc2cc(OCC)c(OCC)cc2Cl)C(C)=O)c1. The Kier molecular flexibility index (Phi) is 11.1. The number of benzene rings is 2. The van der Waals surface area contributed by atoms with Gasteiger partial charge in [0.15, 0.2) is 17.3 Å². The van der Waals surface area contributed by atoms with Gasteiger partial charge in [-0.1, -0.05) is 11.6 Å². The zero-order valence-electron chi connectivity index (χ0n) is 20.3. The third-order valence-corrected chi connectivity index (χ3v) is 5.08. The minimum atomic E-state index is -1.50. The van der Waals surface area contributed by atoms with Gasteiger partial charge in [0.2, 0.25) is 6.04 Å². The van der Waals surface area contributed by atoms with E-state index in [-0.39, 0.29) is 16.4 Å². The average molecular weight is 526 g/mol. The van der Waals surface area contributed by atoms with E-state index in [4.69, 9.17) is 42.3 Å². The minimum absolute atomic E-state index is 0.204. The first-order valence-corrected chi connectivity index (χ1v) is 11.9. The van der Waals surface area contributed by atoms with Crippen molar-refractivity contribution in [3.05, 3.63) is 35.4 Å². The summed E-state index contributed by atoms with van der Waals surface area (Å²) in [4.78, 5) is 25.4. The molecule has 0 aliphatic heterocycles. The Morgan fingerprint density at radius 2 is 1.37 bits per heavy atom. The number of Topliss-reactive ketones (excluding diaryl/α,β-unsaturated/α-hetero) is 1. The van der Waals surface area contributed by atoms with Crippen LogP contribution in [0.25, 0.3) is 0 Å². The molecule has 0 bridgehead atoms. The molecule has 2 aromatic carbocycles. The third-order valence-electron chi connectivity index (χ3n) is 4.42. The standard InChI is InChI=1S/C24H29Cl2N3O6/c1-6-32-17-10-16(11-18(12-17)33-7-2)29(26)24(31)23(15(5)30)28-27-20-14-22(35-9-4)21(34-8-3)13-19(20)25/h10-14,23H,6-9H2,1-5H3. The number of hydrogen-bond acceptors (Lipinski definition) is 8. The first-order chi connectivity index (χ1) is 16.7. The maximum atomic E-state index is 13.1. The highest BCUT2D eigenvalue weighted by molar-refractivity contribution is 6.39. The van der Waals surface area contributed by atoms with E-state index < -0.39 is 17.7 Å². The second-order valence-electron chi connectivity index (χ2n) is 6.99. The fourth-order valence-corrected chi connectivity index (χ4v) is 3.35. The summed E-state index contributed by atoms with van der Waals surface area (Å²) in [6, 6.07) is 6.36. The molecule has 35 heavy (non-hydrogen) atoms. The molecule has 2 aromatic rings. The highest BCUT2D eigenvalue weighted by atomic mass is 35.5. The maximum absolute atomic E-state index is 13.1. The highest BCUT2D eigenvalue weighted by Gasteiger charge is 2.29. The number of hydrogen-bond donors (Lipinski definition) is 0. The number of rotatable bonds is 13. The van der Waals surface area contributed by atoms with Gasteiger partial charge in [-0.3, -0.25) is 9.59 Å². The molecule has 1 amide bonds. The van der Waals surface area contributed by atoms with E-state index in [1.165, 1.54) is 19.1 Å². The van der Waals surface area contributed by atoms with E-state index >= 15 is 0 Å². The van der Waals surface area contributed by atoms with Crippen LogP contribution < -0.4 is 23.4 Å². The van der Waals surface area contributed by atoms with Gasteiger partial charge < -0.3 is 18.9 Å². The van der Waals surface area contributed by atoms with E-state index in [9.17, 15) is 9.59 Å². The molecular weight excluding hydrogens is 497 g/mol. The first-order valence-electron chi connectivity index (χ1n) is 11.2. The van der Waals surface area contributed by atoms with Crippen molar-refractivity contribution in [3.8, 4) is 23.0 Å². The summed E-state index contributed by atoms with van der Waals surface area (Å²) in [6.07, 6.45) is 0. The second kappa shape index (κ2) is 13.7. The van der Waals surface area contributed by atoms with Crippen LogP contribution in [0.3, 0.4) is 0 Å². The number of nitrogens with zero attached hydrogens (tertiary/aromatic N) is 3. The van der Waals surface area contributed by atoms with Crippen LogP contribution in [0.15, 0.2) is 40.6 Å². The Bertz CT molecular complexity index is 1040. The summed E-state index contributed by atoms with van der Waals surface area (Å²) in [5.41, 5.74) is 0.459. The van der Waals surface area contributed by atoms with Gasteiger partial charge in [-0.2, -0.15) is 10.2 Å². The monoisotopic (exact) mass is 525 g/mol. The van der Waals surface area contributed by atoms with Crippen molar-refractivity contribution in [1.29, 1.82) is 0 Å². The number of halogens is 2. The summed E-state index contributed by atoms with van der Waals surface area (Å²) in [6.45, 7) is 10.1. The molecule has 190 valence electrons. The van der Waals surface area contributed by atoms with Crippen LogP contribution in [0.4, 0.5) is 11.4 Å². The lowest BCUT2D eigenvalue weighted by Gasteiger charge is -2.19. The molecule has 0 aromatic heterocycles.